The van der Waals surface area contributed by atoms with E-state index in [9.17, 15) is 4.79 Å². The lowest BCUT2D eigenvalue weighted by atomic mass is 10.0. The minimum absolute atomic E-state index is 0.135. The maximum Gasteiger partial charge on any atom is 0.166 e. The van der Waals surface area contributed by atoms with Gasteiger partial charge >= 0.3 is 0 Å². The first kappa shape index (κ1) is 8.98. The van der Waals surface area contributed by atoms with Crippen molar-refractivity contribution in [1.29, 1.82) is 0 Å². The number of hydrogen-bond donors (Lipinski definition) is 0. The molecule has 1 heteroatoms. The van der Waals surface area contributed by atoms with Crippen LogP contribution in [0, 0.1) is 13.3 Å². The molecule has 12 heavy (non-hydrogen) atoms. The number of ketones is 1. The molecule has 0 unspecified atom stereocenters. The summed E-state index contributed by atoms with van der Waals surface area (Å²) in [5.41, 5.74) is 1.87. The number of hydrogen-bond acceptors (Lipinski definition) is 1. The van der Waals surface area contributed by atoms with E-state index in [1.165, 1.54) is 0 Å². The highest BCUT2D eigenvalue weighted by atomic mass is 16.1. The number of Topliss-reactive ketones (excluding diaryl/α,β-unsaturated/α-hetero) is 1. The summed E-state index contributed by atoms with van der Waals surface area (Å²) in [5, 5.41) is 0. The summed E-state index contributed by atoms with van der Waals surface area (Å²) in [6, 6.07) is 7.66. The molecule has 1 nitrogen and oxygen atoms in total. The van der Waals surface area contributed by atoms with Gasteiger partial charge in [0.2, 0.25) is 0 Å². The van der Waals surface area contributed by atoms with Gasteiger partial charge < -0.3 is 0 Å². The maximum atomic E-state index is 11.4. The van der Waals surface area contributed by atoms with E-state index in [0.29, 0.717) is 0 Å². The average Bonchev–Trinajstić information content (AvgIpc) is 2.05. The van der Waals surface area contributed by atoms with Crippen LogP contribution in [0.3, 0.4) is 0 Å². The number of benzene rings is 1. The Balaban J connectivity index is 2.87. The lowest BCUT2D eigenvalue weighted by molar-refractivity contribution is 0.102. The fourth-order valence-corrected chi connectivity index (χ4v) is 1.14. The monoisotopic (exact) mass is 161 g/mol. The van der Waals surface area contributed by atoms with Crippen LogP contribution in [0.5, 0.6) is 0 Å². The van der Waals surface area contributed by atoms with Crippen LogP contribution in [0.25, 0.3) is 0 Å². The zero-order valence-corrected chi connectivity index (χ0v) is 7.50. The fraction of sp³-hybridized carbons (Fsp3) is 0.273. The second-order valence-corrected chi connectivity index (χ2v) is 2.79. The van der Waals surface area contributed by atoms with Gasteiger partial charge in [-0.3, -0.25) is 4.79 Å². The molecule has 0 heterocycles. The molecule has 0 fully saturated rings. The number of carbonyl (C=O) groups excluding carboxylic acids is 1. The van der Waals surface area contributed by atoms with Crippen LogP contribution in [0.2, 0.25) is 0 Å². The van der Waals surface area contributed by atoms with E-state index in [2.05, 4.69) is 0 Å². The summed E-state index contributed by atoms with van der Waals surface area (Å²) in [4.78, 5) is 11.4. The Morgan fingerprint density at radius 3 is 2.67 bits per heavy atom. The average molecular weight is 161 g/mol. The predicted octanol–water partition coefficient (Wildman–Crippen LogP) is 2.79. The molecule has 0 saturated carbocycles. The molecular weight excluding hydrogens is 148 g/mol. The summed E-state index contributed by atoms with van der Waals surface area (Å²) in [5.74, 6) is 0.135. The van der Waals surface area contributed by atoms with Crippen LogP contribution in [-0.2, 0) is 0 Å². The van der Waals surface area contributed by atoms with Crippen molar-refractivity contribution in [2.24, 2.45) is 0 Å². The number of carbonyl (C=O) groups is 1. The molecule has 0 atom stereocenters. The highest BCUT2D eigenvalue weighted by Crippen LogP contribution is 2.09. The Hall–Kier alpha value is -1.11. The van der Waals surface area contributed by atoms with E-state index in [1.54, 1.807) is 6.42 Å². The first-order chi connectivity index (χ1) is 5.75. The van der Waals surface area contributed by atoms with E-state index in [1.807, 2.05) is 38.1 Å². The Morgan fingerprint density at radius 1 is 1.42 bits per heavy atom. The quantitative estimate of drug-likeness (QED) is 0.623. The van der Waals surface area contributed by atoms with Gasteiger partial charge in [-0.1, -0.05) is 31.2 Å². The van der Waals surface area contributed by atoms with Gasteiger partial charge in [-0.05, 0) is 18.9 Å². The van der Waals surface area contributed by atoms with Crippen molar-refractivity contribution in [3.8, 4) is 0 Å². The Morgan fingerprint density at radius 2 is 2.08 bits per heavy atom. The molecule has 0 aliphatic rings. The lowest BCUT2D eigenvalue weighted by Crippen LogP contribution is -2.00. The molecule has 1 radical (unpaired) electrons. The van der Waals surface area contributed by atoms with Gasteiger partial charge in [0.1, 0.15) is 0 Å². The topological polar surface area (TPSA) is 17.1 Å². The molecule has 1 aromatic carbocycles. The van der Waals surface area contributed by atoms with Crippen LogP contribution >= 0.6 is 0 Å². The highest BCUT2D eigenvalue weighted by Gasteiger charge is 2.05. The molecule has 0 saturated heterocycles. The van der Waals surface area contributed by atoms with Gasteiger partial charge in [0, 0.05) is 12.0 Å². The van der Waals surface area contributed by atoms with Crippen molar-refractivity contribution in [2.75, 3.05) is 0 Å². The standard InChI is InChI=1S/C11H13O/c1-3-6-11(12)10-8-5-4-7-9(10)2/h4-8H,3H2,1-2H3. The Bertz CT molecular complexity index is 276. The van der Waals surface area contributed by atoms with Crippen LogP contribution in [-0.4, -0.2) is 5.78 Å². The molecule has 0 bridgehead atoms. The van der Waals surface area contributed by atoms with Crippen molar-refractivity contribution < 1.29 is 4.79 Å². The molecule has 1 rings (SSSR count). The van der Waals surface area contributed by atoms with Crippen molar-refractivity contribution in [3.63, 3.8) is 0 Å². The lowest BCUT2D eigenvalue weighted by Gasteiger charge is -2.01. The molecule has 0 amide bonds. The minimum Gasteiger partial charge on any atom is -0.294 e. The fourth-order valence-electron chi connectivity index (χ4n) is 1.14. The van der Waals surface area contributed by atoms with Crippen molar-refractivity contribution >= 4 is 5.78 Å². The summed E-state index contributed by atoms with van der Waals surface area (Å²) < 4.78 is 0. The summed E-state index contributed by atoms with van der Waals surface area (Å²) in [6.07, 6.45) is 2.51. The van der Waals surface area contributed by atoms with Gasteiger partial charge in [0.15, 0.2) is 5.78 Å². The van der Waals surface area contributed by atoms with E-state index in [4.69, 9.17) is 0 Å². The summed E-state index contributed by atoms with van der Waals surface area (Å²) >= 11 is 0. The predicted molar refractivity (Wildman–Crippen MR) is 50.1 cm³/mol. The van der Waals surface area contributed by atoms with Crippen LogP contribution in [0.15, 0.2) is 24.3 Å². The maximum absolute atomic E-state index is 11.4. The second kappa shape index (κ2) is 4.05. The largest absolute Gasteiger partial charge is 0.294 e. The van der Waals surface area contributed by atoms with E-state index in [-0.39, 0.29) is 5.78 Å². The number of aryl methyl sites for hydroxylation is 1. The van der Waals surface area contributed by atoms with E-state index >= 15 is 0 Å². The van der Waals surface area contributed by atoms with E-state index < -0.39 is 0 Å². The molecule has 0 spiro atoms. The smallest absolute Gasteiger partial charge is 0.166 e. The zero-order valence-electron chi connectivity index (χ0n) is 7.50. The van der Waals surface area contributed by atoms with Crippen LogP contribution in [0.4, 0.5) is 0 Å². The first-order valence-electron chi connectivity index (χ1n) is 4.19. The zero-order chi connectivity index (χ0) is 8.97. The van der Waals surface area contributed by atoms with Crippen molar-refractivity contribution in [1.82, 2.24) is 0 Å². The minimum atomic E-state index is 0.135. The molecular formula is C11H13O. The van der Waals surface area contributed by atoms with Crippen LogP contribution in [0.1, 0.15) is 29.3 Å². The van der Waals surface area contributed by atoms with Crippen molar-refractivity contribution in [2.45, 2.75) is 20.3 Å². The van der Waals surface area contributed by atoms with E-state index in [0.717, 1.165) is 17.5 Å². The number of rotatable bonds is 3. The molecule has 0 aromatic heterocycles. The van der Waals surface area contributed by atoms with Crippen molar-refractivity contribution in [3.05, 3.63) is 41.8 Å². The van der Waals surface area contributed by atoms with Gasteiger partial charge in [0.25, 0.3) is 0 Å². The van der Waals surface area contributed by atoms with Gasteiger partial charge in [-0.15, -0.1) is 0 Å². The van der Waals surface area contributed by atoms with Crippen LogP contribution < -0.4 is 0 Å². The summed E-state index contributed by atoms with van der Waals surface area (Å²) in [7, 11) is 0. The van der Waals surface area contributed by atoms with Gasteiger partial charge in [-0.25, -0.2) is 0 Å². The van der Waals surface area contributed by atoms with Gasteiger partial charge in [-0.2, -0.15) is 0 Å². The molecule has 0 N–H and O–H groups in total. The molecule has 63 valence electrons. The van der Waals surface area contributed by atoms with Gasteiger partial charge in [0.05, 0.1) is 0 Å². The first-order valence-corrected chi connectivity index (χ1v) is 4.19. The normalized spacial score (nSPS) is 9.83. The highest BCUT2D eigenvalue weighted by molar-refractivity contribution is 6.03. The Kier molecular flexibility index (Phi) is 3.03. The summed E-state index contributed by atoms with van der Waals surface area (Å²) in [6.45, 7) is 3.92. The second-order valence-electron chi connectivity index (χ2n) is 2.79. The third-order valence-corrected chi connectivity index (χ3v) is 1.80. The molecule has 1 aromatic rings. The SMILES string of the molecule is CC[CH]C(=O)c1ccccc1C. The molecule has 0 aliphatic heterocycles. The third-order valence-electron chi connectivity index (χ3n) is 1.80. The Labute approximate surface area is 73.4 Å². The third kappa shape index (κ3) is 1.94. The molecule has 0 aliphatic carbocycles.